The molecule has 0 saturated carbocycles. The largest absolute Gasteiger partial charge is 0.386 e. The van der Waals surface area contributed by atoms with E-state index >= 15 is 0 Å². The van der Waals surface area contributed by atoms with Crippen molar-refractivity contribution in [3.8, 4) is 0 Å². The maximum atomic E-state index is 11.2. The van der Waals surface area contributed by atoms with Crippen molar-refractivity contribution in [2.24, 2.45) is 0 Å². The smallest absolute Gasteiger partial charge is 0.220 e. The van der Waals surface area contributed by atoms with Crippen molar-refractivity contribution in [3.05, 3.63) is 35.9 Å². The summed E-state index contributed by atoms with van der Waals surface area (Å²) >= 11 is 0. The van der Waals surface area contributed by atoms with Gasteiger partial charge in [0.05, 0.1) is 5.54 Å². The molecule has 1 aliphatic rings. The molecule has 1 aromatic carbocycles. The first-order valence-electron chi connectivity index (χ1n) is 5.16. The lowest BCUT2D eigenvalue weighted by molar-refractivity contribution is -0.120. The molecule has 2 atom stereocenters. The van der Waals surface area contributed by atoms with Gasteiger partial charge in [0.15, 0.2) is 0 Å². The lowest BCUT2D eigenvalue weighted by atomic mass is 9.88. The number of hydrogen-bond acceptors (Lipinski definition) is 2. The standard InChI is InChI=1S/C12H15NO2/c1-12(8-7-10(14)13-12)11(15)9-5-3-2-4-6-9/h2-6,11,15H,7-8H2,1H3,(H,13,14)/t11-,12-/m0/s1. The number of hydrogen-bond donors (Lipinski definition) is 2. The number of carbonyl (C=O) groups is 1. The Morgan fingerprint density at radius 2 is 2.07 bits per heavy atom. The Labute approximate surface area is 89.1 Å². The Morgan fingerprint density at radius 3 is 2.60 bits per heavy atom. The molecule has 1 amide bonds. The molecule has 0 unspecified atom stereocenters. The maximum Gasteiger partial charge on any atom is 0.220 e. The third-order valence-electron chi connectivity index (χ3n) is 3.02. The molecule has 0 aliphatic carbocycles. The zero-order chi connectivity index (χ0) is 10.9. The second-order valence-corrected chi connectivity index (χ2v) is 4.28. The summed E-state index contributed by atoms with van der Waals surface area (Å²) in [5, 5.41) is 13.0. The van der Waals surface area contributed by atoms with Crippen LogP contribution in [0, 0.1) is 0 Å². The Hall–Kier alpha value is -1.35. The number of aliphatic hydroxyl groups excluding tert-OH is 1. The highest BCUT2D eigenvalue weighted by molar-refractivity contribution is 5.79. The SMILES string of the molecule is C[C@@]1([C@@H](O)c2ccccc2)CCC(=O)N1. The highest BCUT2D eigenvalue weighted by Gasteiger charge is 2.40. The van der Waals surface area contributed by atoms with Gasteiger partial charge in [-0.05, 0) is 18.9 Å². The highest BCUT2D eigenvalue weighted by Crippen LogP contribution is 2.32. The highest BCUT2D eigenvalue weighted by atomic mass is 16.3. The first kappa shape index (κ1) is 10.2. The van der Waals surface area contributed by atoms with Crippen molar-refractivity contribution in [3.63, 3.8) is 0 Å². The van der Waals surface area contributed by atoms with Crippen LogP contribution in [0.2, 0.25) is 0 Å². The number of amides is 1. The van der Waals surface area contributed by atoms with Crippen LogP contribution in [0.15, 0.2) is 30.3 Å². The maximum absolute atomic E-state index is 11.2. The normalized spacial score (nSPS) is 27.5. The minimum atomic E-state index is -0.634. The number of aliphatic hydroxyl groups is 1. The minimum Gasteiger partial charge on any atom is -0.386 e. The Morgan fingerprint density at radius 1 is 1.40 bits per heavy atom. The van der Waals surface area contributed by atoms with Gasteiger partial charge in [-0.3, -0.25) is 4.79 Å². The van der Waals surface area contributed by atoms with E-state index in [0.717, 1.165) is 5.56 Å². The van der Waals surface area contributed by atoms with Crippen molar-refractivity contribution < 1.29 is 9.90 Å². The number of carbonyl (C=O) groups excluding carboxylic acids is 1. The molecule has 1 aliphatic heterocycles. The number of nitrogens with one attached hydrogen (secondary N) is 1. The monoisotopic (exact) mass is 205 g/mol. The van der Waals surface area contributed by atoms with Gasteiger partial charge in [-0.1, -0.05) is 30.3 Å². The third kappa shape index (κ3) is 1.88. The van der Waals surface area contributed by atoms with Gasteiger partial charge >= 0.3 is 0 Å². The summed E-state index contributed by atoms with van der Waals surface area (Å²) in [5.41, 5.74) is 0.334. The summed E-state index contributed by atoms with van der Waals surface area (Å²) in [6.07, 6.45) is 0.549. The average molecular weight is 205 g/mol. The molecular weight excluding hydrogens is 190 g/mol. The van der Waals surface area contributed by atoms with E-state index < -0.39 is 11.6 Å². The van der Waals surface area contributed by atoms with E-state index in [-0.39, 0.29) is 5.91 Å². The summed E-state index contributed by atoms with van der Waals surface area (Å²) in [6.45, 7) is 1.88. The minimum absolute atomic E-state index is 0.0208. The molecule has 15 heavy (non-hydrogen) atoms. The van der Waals surface area contributed by atoms with Gasteiger partial charge in [-0.15, -0.1) is 0 Å². The molecule has 1 aromatic rings. The second-order valence-electron chi connectivity index (χ2n) is 4.28. The van der Waals surface area contributed by atoms with Crippen LogP contribution in [0.25, 0.3) is 0 Å². The lowest BCUT2D eigenvalue weighted by Gasteiger charge is -2.30. The van der Waals surface area contributed by atoms with Crippen molar-refractivity contribution in [1.82, 2.24) is 5.32 Å². The first-order chi connectivity index (χ1) is 7.12. The third-order valence-corrected chi connectivity index (χ3v) is 3.02. The van der Waals surface area contributed by atoms with E-state index in [9.17, 15) is 9.90 Å². The number of rotatable bonds is 2. The molecule has 3 heteroatoms. The van der Waals surface area contributed by atoms with Gasteiger partial charge < -0.3 is 10.4 Å². The molecule has 1 heterocycles. The van der Waals surface area contributed by atoms with Gasteiger partial charge in [0, 0.05) is 6.42 Å². The fraction of sp³-hybridized carbons (Fsp3) is 0.417. The van der Waals surface area contributed by atoms with Crippen molar-refractivity contribution in [1.29, 1.82) is 0 Å². The molecule has 2 N–H and O–H groups in total. The molecule has 0 spiro atoms. The van der Waals surface area contributed by atoms with Gasteiger partial charge in [0.25, 0.3) is 0 Å². The molecule has 0 radical (unpaired) electrons. The van der Waals surface area contributed by atoms with Crippen LogP contribution in [-0.4, -0.2) is 16.6 Å². The quantitative estimate of drug-likeness (QED) is 0.766. The van der Waals surface area contributed by atoms with Crippen LogP contribution in [0.4, 0.5) is 0 Å². The Kier molecular flexibility index (Phi) is 2.49. The molecule has 3 nitrogen and oxygen atoms in total. The summed E-state index contributed by atoms with van der Waals surface area (Å²) in [5.74, 6) is 0.0208. The fourth-order valence-corrected chi connectivity index (χ4v) is 2.02. The summed E-state index contributed by atoms with van der Waals surface area (Å²) < 4.78 is 0. The van der Waals surface area contributed by atoms with Crippen LogP contribution < -0.4 is 5.32 Å². The Bertz CT molecular complexity index is 363. The summed E-state index contributed by atoms with van der Waals surface area (Å²) in [6, 6.07) is 9.43. The van der Waals surface area contributed by atoms with Crippen molar-refractivity contribution in [2.45, 2.75) is 31.4 Å². The van der Waals surface area contributed by atoms with E-state index in [1.807, 2.05) is 37.3 Å². The molecule has 2 rings (SSSR count). The van der Waals surface area contributed by atoms with Crippen LogP contribution in [0.3, 0.4) is 0 Å². The van der Waals surface area contributed by atoms with Crippen LogP contribution in [0.5, 0.6) is 0 Å². The van der Waals surface area contributed by atoms with Gasteiger partial charge in [0.1, 0.15) is 6.10 Å². The zero-order valence-corrected chi connectivity index (χ0v) is 8.73. The number of benzene rings is 1. The van der Waals surface area contributed by atoms with Gasteiger partial charge in [-0.25, -0.2) is 0 Å². The second kappa shape index (κ2) is 3.66. The lowest BCUT2D eigenvalue weighted by Crippen LogP contribution is -2.44. The van der Waals surface area contributed by atoms with E-state index in [0.29, 0.717) is 12.8 Å². The van der Waals surface area contributed by atoms with E-state index in [1.165, 1.54) is 0 Å². The van der Waals surface area contributed by atoms with Gasteiger partial charge in [0.2, 0.25) is 5.91 Å². The molecule has 0 bridgehead atoms. The van der Waals surface area contributed by atoms with Gasteiger partial charge in [-0.2, -0.15) is 0 Å². The molecular formula is C12H15NO2. The van der Waals surface area contributed by atoms with Crippen LogP contribution >= 0.6 is 0 Å². The summed E-state index contributed by atoms with van der Waals surface area (Å²) in [4.78, 5) is 11.2. The van der Waals surface area contributed by atoms with Crippen LogP contribution in [0.1, 0.15) is 31.4 Å². The predicted molar refractivity (Wildman–Crippen MR) is 57.2 cm³/mol. The first-order valence-corrected chi connectivity index (χ1v) is 5.16. The van der Waals surface area contributed by atoms with Crippen molar-refractivity contribution in [2.75, 3.05) is 0 Å². The molecule has 80 valence electrons. The fourth-order valence-electron chi connectivity index (χ4n) is 2.02. The topological polar surface area (TPSA) is 49.3 Å². The van der Waals surface area contributed by atoms with Crippen LogP contribution in [-0.2, 0) is 4.79 Å². The Balaban J connectivity index is 2.21. The van der Waals surface area contributed by atoms with Crippen molar-refractivity contribution >= 4 is 5.91 Å². The van der Waals surface area contributed by atoms with E-state index in [4.69, 9.17) is 0 Å². The molecule has 1 fully saturated rings. The molecule has 1 saturated heterocycles. The average Bonchev–Trinajstić information content (AvgIpc) is 2.60. The summed E-state index contributed by atoms with van der Waals surface area (Å²) in [7, 11) is 0. The van der Waals surface area contributed by atoms with E-state index in [2.05, 4.69) is 5.32 Å². The van der Waals surface area contributed by atoms with E-state index in [1.54, 1.807) is 0 Å². The molecule has 0 aromatic heterocycles. The zero-order valence-electron chi connectivity index (χ0n) is 8.73. The predicted octanol–water partition coefficient (Wildman–Crippen LogP) is 1.39.